The van der Waals surface area contributed by atoms with Gasteiger partial charge in [-0.15, -0.1) is 0 Å². The molecule has 0 bridgehead atoms. The summed E-state index contributed by atoms with van der Waals surface area (Å²) in [6, 6.07) is 7.36. The summed E-state index contributed by atoms with van der Waals surface area (Å²) in [5.41, 5.74) is 1.60. The highest BCUT2D eigenvalue weighted by atomic mass is 16.3. The second-order valence-corrected chi connectivity index (χ2v) is 5.21. The Balaban J connectivity index is 1.92. The van der Waals surface area contributed by atoms with Gasteiger partial charge < -0.3 is 8.83 Å². The zero-order valence-electron chi connectivity index (χ0n) is 11.3. The molecular weight excluding hydrogens is 252 g/mol. The molecule has 0 aliphatic heterocycles. The molecule has 0 atom stereocenters. The second-order valence-electron chi connectivity index (χ2n) is 5.21. The Kier molecular flexibility index (Phi) is 3.42. The SMILES string of the molecule is CC1CC(=Cc2ccco2)C(=O)C(=Cc2ccco2)C1. The maximum Gasteiger partial charge on any atom is 0.185 e. The highest BCUT2D eigenvalue weighted by molar-refractivity contribution is 6.13. The Morgan fingerprint density at radius 2 is 1.50 bits per heavy atom. The van der Waals surface area contributed by atoms with E-state index in [0.717, 1.165) is 35.5 Å². The molecule has 102 valence electrons. The van der Waals surface area contributed by atoms with Crippen LogP contribution in [0.25, 0.3) is 12.2 Å². The van der Waals surface area contributed by atoms with E-state index in [2.05, 4.69) is 6.92 Å². The van der Waals surface area contributed by atoms with Gasteiger partial charge in [0, 0.05) is 11.1 Å². The number of allylic oxidation sites excluding steroid dienone is 2. The second kappa shape index (κ2) is 5.37. The molecule has 1 saturated carbocycles. The molecule has 0 amide bonds. The molecule has 20 heavy (non-hydrogen) atoms. The lowest BCUT2D eigenvalue weighted by atomic mass is 9.81. The number of carbonyl (C=O) groups is 1. The molecule has 0 saturated heterocycles. The van der Waals surface area contributed by atoms with Crippen molar-refractivity contribution in [3.63, 3.8) is 0 Å². The fourth-order valence-electron chi connectivity index (χ4n) is 2.55. The van der Waals surface area contributed by atoms with Crippen LogP contribution in [0.15, 0.2) is 56.8 Å². The van der Waals surface area contributed by atoms with Crippen molar-refractivity contribution in [2.24, 2.45) is 5.92 Å². The van der Waals surface area contributed by atoms with Crippen molar-refractivity contribution < 1.29 is 13.6 Å². The molecular formula is C17H16O3. The van der Waals surface area contributed by atoms with Gasteiger partial charge in [-0.2, -0.15) is 0 Å². The van der Waals surface area contributed by atoms with Gasteiger partial charge in [-0.05, 0) is 55.2 Å². The molecule has 0 radical (unpaired) electrons. The number of rotatable bonds is 2. The van der Waals surface area contributed by atoms with Gasteiger partial charge in [0.25, 0.3) is 0 Å². The molecule has 3 rings (SSSR count). The maximum atomic E-state index is 12.5. The molecule has 1 aliphatic carbocycles. The fraction of sp³-hybridized carbons (Fsp3) is 0.235. The molecule has 0 spiro atoms. The monoisotopic (exact) mass is 268 g/mol. The number of ketones is 1. The third-order valence-electron chi connectivity index (χ3n) is 3.44. The quantitative estimate of drug-likeness (QED) is 0.761. The molecule has 0 aromatic carbocycles. The maximum absolute atomic E-state index is 12.5. The summed E-state index contributed by atoms with van der Waals surface area (Å²) in [6.07, 6.45) is 8.48. The number of hydrogen-bond acceptors (Lipinski definition) is 3. The van der Waals surface area contributed by atoms with E-state index < -0.39 is 0 Å². The van der Waals surface area contributed by atoms with E-state index in [9.17, 15) is 4.79 Å². The minimum Gasteiger partial charge on any atom is -0.465 e. The Morgan fingerprint density at radius 1 is 1.00 bits per heavy atom. The average Bonchev–Trinajstić information content (AvgIpc) is 3.08. The highest BCUT2D eigenvalue weighted by Gasteiger charge is 2.25. The van der Waals surface area contributed by atoms with Crippen LogP contribution in [-0.4, -0.2) is 5.78 Å². The standard InChI is InChI=1S/C17H16O3/c1-12-8-13(10-15-4-2-6-19-15)17(18)14(9-12)11-16-5-3-7-20-16/h2-7,10-12H,8-9H2,1H3. The number of hydrogen-bond donors (Lipinski definition) is 0. The van der Waals surface area contributed by atoms with E-state index in [1.807, 2.05) is 36.4 Å². The summed E-state index contributed by atoms with van der Waals surface area (Å²) in [5.74, 6) is 1.98. The van der Waals surface area contributed by atoms with Crippen molar-refractivity contribution >= 4 is 17.9 Å². The summed E-state index contributed by atoms with van der Waals surface area (Å²) in [6.45, 7) is 2.15. The van der Waals surface area contributed by atoms with Gasteiger partial charge in [0.15, 0.2) is 5.78 Å². The average molecular weight is 268 g/mol. The molecule has 3 heteroatoms. The minimum atomic E-state index is 0.0934. The first-order chi connectivity index (χ1) is 9.72. The van der Waals surface area contributed by atoms with Crippen LogP contribution in [0.4, 0.5) is 0 Å². The van der Waals surface area contributed by atoms with E-state index >= 15 is 0 Å². The summed E-state index contributed by atoms with van der Waals surface area (Å²) in [4.78, 5) is 12.5. The zero-order chi connectivity index (χ0) is 13.9. The van der Waals surface area contributed by atoms with Crippen molar-refractivity contribution in [2.45, 2.75) is 19.8 Å². The Morgan fingerprint density at radius 3 is 1.90 bits per heavy atom. The van der Waals surface area contributed by atoms with Gasteiger partial charge in [0.05, 0.1) is 12.5 Å². The smallest absolute Gasteiger partial charge is 0.185 e. The number of furan rings is 2. The molecule has 3 nitrogen and oxygen atoms in total. The van der Waals surface area contributed by atoms with Crippen LogP contribution in [0.3, 0.4) is 0 Å². The Hall–Kier alpha value is -2.29. The Labute approximate surface area is 117 Å². The molecule has 0 N–H and O–H groups in total. The molecule has 2 aromatic rings. The van der Waals surface area contributed by atoms with E-state index in [1.54, 1.807) is 12.5 Å². The van der Waals surface area contributed by atoms with Gasteiger partial charge >= 0.3 is 0 Å². The third kappa shape index (κ3) is 2.67. The minimum absolute atomic E-state index is 0.0934. The lowest BCUT2D eigenvalue weighted by Gasteiger charge is -2.22. The van der Waals surface area contributed by atoms with Crippen LogP contribution in [0, 0.1) is 5.92 Å². The first kappa shape index (κ1) is 12.7. The first-order valence-corrected chi connectivity index (χ1v) is 6.75. The van der Waals surface area contributed by atoms with Crippen molar-refractivity contribution in [3.8, 4) is 0 Å². The molecule has 2 heterocycles. The predicted molar refractivity (Wildman–Crippen MR) is 76.8 cm³/mol. The van der Waals surface area contributed by atoms with Gasteiger partial charge in [-0.3, -0.25) is 4.79 Å². The number of Topliss-reactive ketones (excluding diaryl/α,β-unsaturated/α-hetero) is 1. The summed E-state index contributed by atoms with van der Waals surface area (Å²) < 4.78 is 10.6. The van der Waals surface area contributed by atoms with E-state index in [1.165, 1.54) is 0 Å². The van der Waals surface area contributed by atoms with Gasteiger partial charge in [0.2, 0.25) is 0 Å². The molecule has 0 unspecified atom stereocenters. The van der Waals surface area contributed by atoms with Crippen LogP contribution in [0.2, 0.25) is 0 Å². The largest absolute Gasteiger partial charge is 0.465 e. The molecule has 1 fully saturated rings. The lowest BCUT2D eigenvalue weighted by molar-refractivity contribution is -0.113. The predicted octanol–water partition coefficient (Wildman–Crippen LogP) is 4.34. The Bertz CT molecular complexity index is 586. The van der Waals surface area contributed by atoms with Gasteiger partial charge in [-0.25, -0.2) is 0 Å². The van der Waals surface area contributed by atoms with Crippen LogP contribution in [0.1, 0.15) is 31.3 Å². The van der Waals surface area contributed by atoms with Gasteiger partial charge in [-0.1, -0.05) is 6.92 Å². The lowest BCUT2D eigenvalue weighted by Crippen LogP contribution is -2.18. The first-order valence-electron chi connectivity index (χ1n) is 6.75. The van der Waals surface area contributed by atoms with Crippen LogP contribution < -0.4 is 0 Å². The number of carbonyl (C=O) groups excluding carboxylic acids is 1. The highest BCUT2D eigenvalue weighted by Crippen LogP contribution is 2.32. The topological polar surface area (TPSA) is 43.4 Å². The summed E-state index contributed by atoms with van der Waals surface area (Å²) in [5, 5.41) is 0. The fourth-order valence-corrected chi connectivity index (χ4v) is 2.55. The summed E-state index contributed by atoms with van der Waals surface area (Å²) >= 11 is 0. The van der Waals surface area contributed by atoms with Crippen LogP contribution in [-0.2, 0) is 4.79 Å². The van der Waals surface area contributed by atoms with Crippen molar-refractivity contribution in [1.82, 2.24) is 0 Å². The van der Waals surface area contributed by atoms with Crippen LogP contribution in [0.5, 0.6) is 0 Å². The van der Waals surface area contributed by atoms with Crippen molar-refractivity contribution in [1.29, 1.82) is 0 Å². The van der Waals surface area contributed by atoms with E-state index in [-0.39, 0.29) is 5.78 Å². The molecule has 1 aliphatic rings. The van der Waals surface area contributed by atoms with Crippen molar-refractivity contribution in [2.75, 3.05) is 0 Å². The van der Waals surface area contributed by atoms with Crippen molar-refractivity contribution in [3.05, 3.63) is 59.5 Å². The van der Waals surface area contributed by atoms with E-state index in [0.29, 0.717) is 5.92 Å². The summed E-state index contributed by atoms with van der Waals surface area (Å²) in [7, 11) is 0. The van der Waals surface area contributed by atoms with Gasteiger partial charge in [0.1, 0.15) is 11.5 Å². The zero-order valence-corrected chi connectivity index (χ0v) is 11.3. The molecule has 2 aromatic heterocycles. The van der Waals surface area contributed by atoms with E-state index in [4.69, 9.17) is 8.83 Å². The van der Waals surface area contributed by atoms with Crippen LogP contribution >= 0.6 is 0 Å². The third-order valence-corrected chi connectivity index (χ3v) is 3.44. The normalized spacial score (nSPS) is 23.6.